The molecule has 2 aliphatic rings. The third-order valence-corrected chi connectivity index (χ3v) is 9.92. The van der Waals surface area contributed by atoms with Crippen LogP contribution in [0.4, 0.5) is 5.13 Å². The van der Waals surface area contributed by atoms with E-state index in [4.69, 9.17) is 21.2 Å². The Balaban J connectivity index is 1.29. The number of carbonyl (C=O) groups excluding carboxylic acids is 4. The molecule has 230 valence electrons. The van der Waals surface area contributed by atoms with Gasteiger partial charge in [-0.15, -0.1) is 34.7 Å². The quantitative estimate of drug-likeness (QED) is 0.0750. The first-order valence-electron chi connectivity index (χ1n) is 13.8. The van der Waals surface area contributed by atoms with Crippen molar-refractivity contribution in [3.63, 3.8) is 0 Å². The number of aromatic nitrogens is 1. The molecule has 11 nitrogen and oxygen atoms in total. The second-order valence-corrected chi connectivity index (χ2v) is 12.8. The smallest absolute Gasteiger partial charge is 0.316 e. The summed E-state index contributed by atoms with van der Waals surface area (Å²) < 4.78 is 6.13. The van der Waals surface area contributed by atoms with Gasteiger partial charge in [0.05, 0.1) is 0 Å². The molecule has 3 atom stereocenters. The third-order valence-electron chi connectivity index (χ3n) is 7.05. The van der Waals surface area contributed by atoms with Crippen molar-refractivity contribution >= 4 is 69.7 Å². The molecule has 3 aromatic rings. The minimum Gasteiger partial charge on any atom is -0.452 e. The van der Waals surface area contributed by atoms with E-state index in [1.54, 1.807) is 24.1 Å². The van der Waals surface area contributed by atoms with Crippen LogP contribution >= 0.6 is 34.7 Å². The fraction of sp³-hybridized carbons (Fsp3) is 0.333. The Morgan fingerprint density at radius 3 is 2.41 bits per heavy atom. The van der Waals surface area contributed by atoms with E-state index in [1.165, 1.54) is 11.8 Å². The van der Waals surface area contributed by atoms with Gasteiger partial charge in [-0.2, -0.15) is 0 Å². The van der Waals surface area contributed by atoms with Crippen molar-refractivity contribution in [3.8, 4) is 0 Å². The monoisotopic (exact) mass is 655 g/mol. The van der Waals surface area contributed by atoms with Crippen molar-refractivity contribution in [1.82, 2.24) is 15.2 Å². The van der Waals surface area contributed by atoms with E-state index in [0.717, 1.165) is 22.5 Å². The van der Waals surface area contributed by atoms with Crippen LogP contribution in [0.5, 0.6) is 0 Å². The second-order valence-electron chi connectivity index (χ2n) is 10.5. The lowest BCUT2D eigenvalue weighted by atomic mass is 9.88. The predicted octanol–water partition coefficient (Wildman–Crippen LogP) is 3.80. The molecule has 2 N–H and O–H groups in total. The average molecular weight is 656 g/mol. The standard InChI is InChI=1S/C30H30ClN5O6S2/c1-18(2)42-35-22(21-13-43-29(33-21)32-17-37)25(38)34-23-26(39)36-15-30(14-31,16-44-27(23)36)28(40)41-24(19-9-5-3-6-10-19)20-11-7-4-8-12-20/h3-13,17-18,23-24,27H,14-16H2,1-2H3,(H,34,38)(H,32,33,37)/t23?,27-,30?/m1/s1. The van der Waals surface area contributed by atoms with Gasteiger partial charge in [-0.05, 0) is 25.0 Å². The van der Waals surface area contributed by atoms with Gasteiger partial charge in [0.1, 0.15) is 28.6 Å². The molecular weight excluding hydrogens is 626 g/mol. The van der Waals surface area contributed by atoms with E-state index in [0.29, 0.717) is 6.41 Å². The molecule has 3 heterocycles. The van der Waals surface area contributed by atoms with Crippen LogP contribution in [0.25, 0.3) is 0 Å². The summed E-state index contributed by atoms with van der Waals surface area (Å²) >= 11 is 8.89. The van der Waals surface area contributed by atoms with Crippen molar-refractivity contribution in [2.75, 3.05) is 23.5 Å². The van der Waals surface area contributed by atoms with Gasteiger partial charge < -0.3 is 25.1 Å². The van der Waals surface area contributed by atoms with Crippen molar-refractivity contribution in [2.24, 2.45) is 10.6 Å². The number of β-lactam (4-membered cyclic amide) rings is 1. The number of thioether (sulfide) groups is 1. The van der Waals surface area contributed by atoms with E-state index in [1.807, 2.05) is 60.7 Å². The zero-order valence-electron chi connectivity index (χ0n) is 23.8. The van der Waals surface area contributed by atoms with Gasteiger partial charge in [-0.25, -0.2) is 4.98 Å². The summed E-state index contributed by atoms with van der Waals surface area (Å²) in [6.45, 7) is 3.56. The number of esters is 1. The highest BCUT2D eigenvalue weighted by atomic mass is 35.5. The molecule has 14 heteroatoms. The number of anilines is 1. The number of alkyl halides is 1. The number of nitrogens with one attached hydrogen (secondary N) is 2. The van der Waals surface area contributed by atoms with E-state index < -0.39 is 34.8 Å². The molecular formula is C30H30ClN5O6S2. The van der Waals surface area contributed by atoms with E-state index in [2.05, 4.69) is 20.8 Å². The Bertz CT molecular complexity index is 1500. The Kier molecular flexibility index (Phi) is 9.87. The lowest BCUT2D eigenvalue weighted by molar-refractivity contribution is -0.164. The maximum absolute atomic E-state index is 13.8. The SMILES string of the molecule is CC(C)ON=C(C(=O)NC1C(=O)N2CC(CCl)(C(=O)OC(c3ccccc3)c3ccccc3)CS[C@H]12)c1csc(NC=O)n1. The Morgan fingerprint density at radius 2 is 1.82 bits per heavy atom. The van der Waals surface area contributed by atoms with Crippen molar-refractivity contribution in [1.29, 1.82) is 0 Å². The molecule has 0 saturated carbocycles. The minimum absolute atomic E-state index is 0.0486. The van der Waals surface area contributed by atoms with Gasteiger partial charge in [0.25, 0.3) is 5.91 Å². The van der Waals surface area contributed by atoms with Gasteiger partial charge in [-0.1, -0.05) is 65.8 Å². The summed E-state index contributed by atoms with van der Waals surface area (Å²) in [7, 11) is 0. The number of carbonyl (C=O) groups is 4. The van der Waals surface area contributed by atoms with Crippen LogP contribution in [0.1, 0.15) is 36.8 Å². The van der Waals surface area contributed by atoms with Crippen LogP contribution in [-0.2, 0) is 28.8 Å². The van der Waals surface area contributed by atoms with Crippen LogP contribution in [0, 0.1) is 5.41 Å². The first-order chi connectivity index (χ1) is 21.3. The first kappa shape index (κ1) is 31.5. The topological polar surface area (TPSA) is 139 Å². The number of rotatable bonds is 12. The lowest BCUT2D eigenvalue weighted by Crippen LogP contribution is -2.74. The van der Waals surface area contributed by atoms with Crippen molar-refractivity contribution in [3.05, 3.63) is 82.9 Å². The number of hydrogen-bond donors (Lipinski definition) is 2. The highest BCUT2D eigenvalue weighted by Crippen LogP contribution is 2.44. The number of benzene rings is 2. The molecule has 44 heavy (non-hydrogen) atoms. The minimum atomic E-state index is -1.14. The van der Waals surface area contributed by atoms with Crippen LogP contribution in [0.2, 0.25) is 0 Å². The molecule has 2 unspecified atom stereocenters. The maximum atomic E-state index is 13.8. The van der Waals surface area contributed by atoms with Gasteiger partial charge >= 0.3 is 5.97 Å². The number of hydrogen-bond acceptors (Lipinski definition) is 10. The zero-order chi connectivity index (χ0) is 31.3. The first-order valence-corrected chi connectivity index (χ1v) is 16.2. The number of oxime groups is 1. The molecule has 0 aliphatic carbocycles. The fourth-order valence-electron chi connectivity index (χ4n) is 4.77. The number of halogens is 1. The number of ether oxygens (including phenoxy) is 1. The van der Waals surface area contributed by atoms with Gasteiger partial charge in [-0.3, -0.25) is 19.2 Å². The van der Waals surface area contributed by atoms with Crippen LogP contribution in [0.3, 0.4) is 0 Å². The third kappa shape index (κ3) is 6.59. The number of amides is 3. The fourth-order valence-corrected chi connectivity index (χ4v) is 7.37. The molecule has 2 fully saturated rings. The molecule has 0 spiro atoms. The van der Waals surface area contributed by atoms with E-state index in [-0.39, 0.29) is 46.7 Å². The highest BCUT2D eigenvalue weighted by Gasteiger charge is 2.58. The summed E-state index contributed by atoms with van der Waals surface area (Å²) in [5, 5.41) is 10.6. The summed E-state index contributed by atoms with van der Waals surface area (Å²) in [5.41, 5.74) is 0.540. The highest BCUT2D eigenvalue weighted by molar-refractivity contribution is 8.00. The summed E-state index contributed by atoms with van der Waals surface area (Å²) in [6.07, 6.45) is -0.484. The van der Waals surface area contributed by atoms with Gasteiger partial charge in [0.15, 0.2) is 16.9 Å². The summed E-state index contributed by atoms with van der Waals surface area (Å²) in [5.74, 6) is -1.27. The van der Waals surface area contributed by atoms with Crippen molar-refractivity contribution < 1.29 is 28.8 Å². The Hall–Kier alpha value is -3.94. The molecule has 2 aliphatic heterocycles. The number of nitrogens with zero attached hydrogens (tertiary/aromatic N) is 3. The van der Waals surface area contributed by atoms with E-state index >= 15 is 0 Å². The number of thiazole rings is 1. The zero-order valence-corrected chi connectivity index (χ0v) is 26.2. The van der Waals surface area contributed by atoms with Crippen LogP contribution < -0.4 is 10.6 Å². The molecule has 0 bridgehead atoms. The molecule has 2 saturated heterocycles. The molecule has 0 radical (unpaired) electrons. The van der Waals surface area contributed by atoms with Gasteiger partial charge in [0, 0.05) is 23.6 Å². The largest absolute Gasteiger partial charge is 0.452 e. The molecule has 3 amide bonds. The molecule has 5 rings (SSSR count). The normalized spacial score (nSPS) is 21.3. The second kappa shape index (κ2) is 13.8. The maximum Gasteiger partial charge on any atom is 0.316 e. The summed E-state index contributed by atoms with van der Waals surface area (Å²) in [4.78, 5) is 62.3. The Labute approximate surface area is 267 Å². The lowest BCUT2D eigenvalue weighted by Gasteiger charge is -2.53. The summed E-state index contributed by atoms with van der Waals surface area (Å²) in [6, 6.07) is 18.0. The molecule has 1 aromatic heterocycles. The number of fused-ring (bicyclic) bond motifs is 1. The van der Waals surface area contributed by atoms with Crippen LogP contribution in [0.15, 0.2) is 71.2 Å². The Morgan fingerprint density at radius 1 is 1.16 bits per heavy atom. The predicted molar refractivity (Wildman–Crippen MR) is 168 cm³/mol. The van der Waals surface area contributed by atoms with Crippen molar-refractivity contribution in [2.45, 2.75) is 37.5 Å². The molecule has 2 aromatic carbocycles. The van der Waals surface area contributed by atoms with Crippen LogP contribution in [-0.4, -0.2) is 75.5 Å². The van der Waals surface area contributed by atoms with Gasteiger partial charge in [0.2, 0.25) is 12.3 Å². The average Bonchev–Trinajstić information content (AvgIpc) is 3.51. The van der Waals surface area contributed by atoms with E-state index in [9.17, 15) is 19.2 Å².